The number of rotatable bonds is 1. The Morgan fingerprint density at radius 2 is 2.00 bits per heavy atom. The number of nitrogens with zero attached hydrogens (tertiary/aromatic N) is 4. The van der Waals surface area contributed by atoms with Crippen molar-refractivity contribution in [3.63, 3.8) is 0 Å². The largest absolute Gasteiger partial charge is 0.388 e. The average Bonchev–Trinajstić information content (AvgIpc) is 2.85. The van der Waals surface area contributed by atoms with Crippen molar-refractivity contribution in [2.45, 2.75) is 39.3 Å². The van der Waals surface area contributed by atoms with Crippen LogP contribution >= 0.6 is 0 Å². The first kappa shape index (κ1) is 13.2. The fourth-order valence-corrected chi connectivity index (χ4v) is 3.35. The Morgan fingerprint density at radius 1 is 1.23 bits per heavy atom. The molecule has 5 nitrogen and oxygen atoms in total. The van der Waals surface area contributed by atoms with Crippen LogP contribution in [0.3, 0.4) is 0 Å². The summed E-state index contributed by atoms with van der Waals surface area (Å²) in [7, 11) is 0. The maximum Gasteiger partial charge on any atom is 0.388 e. The van der Waals surface area contributed by atoms with Crippen molar-refractivity contribution < 1.29 is 4.40 Å². The van der Waals surface area contributed by atoms with Gasteiger partial charge in [0.05, 0.1) is 17.4 Å². The van der Waals surface area contributed by atoms with Crippen LogP contribution in [0.2, 0.25) is 0 Å². The molecular weight excluding hydrogens is 274 g/mol. The molecule has 1 aromatic carbocycles. The fourth-order valence-electron chi connectivity index (χ4n) is 3.35. The molecule has 0 radical (unpaired) electrons. The summed E-state index contributed by atoms with van der Waals surface area (Å²) in [6, 6.07) is 13.3. The minimum Gasteiger partial charge on any atom is -0.304 e. The lowest BCUT2D eigenvalue weighted by atomic mass is 9.99. The van der Waals surface area contributed by atoms with E-state index < -0.39 is 0 Å². The summed E-state index contributed by atoms with van der Waals surface area (Å²) in [5, 5.41) is 8.34. The molecule has 0 saturated heterocycles. The SMILES string of the molecule is Cc1cc(C)[n+]2c3n(nc2n1)C(c1ccccc1)CC(C)N3. The van der Waals surface area contributed by atoms with Crippen molar-refractivity contribution in [1.29, 1.82) is 0 Å². The molecule has 0 aliphatic carbocycles. The van der Waals surface area contributed by atoms with Gasteiger partial charge in [0.2, 0.25) is 0 Å². The van der Waals surface area contributed by atoms with Crippen LogP contribution in [0.5, 0.6) is 0 Å². The summed E-state index contributed by atoms with van der Waals surface area (Å²) < 4.78 is 4.20. The maximum atomic E-state index is 4.77. The van der Waals surface area contributed by atoms with Gasteiger partial charge in [-0.1, -0.05) is 30.3 Å². The highest BCUT2D eigenvalue weighted by molar-refractivity contribution is 5.35. The van der Waals surface area contributed by atoms with Gasteiger partial charge in [-0.3, -0.25) is 0 Å². The van der Waals surface area contributed by atoms with Crippen molar-refractivity contribution in [2.75, 3.05) is 5.32 Å². The number of hydrogen-bond acceptors (Lipinski definition) is 3. The van der Waals surface area contributed by atoms with E-state index in [1.807, 2.05) is 6.92 Å². The first-order valence-corrected chi connectivity index (χ1v) is 7.73. The van der Waals surface area contributed by atoms with Gasteiger partial charge in [0.1, 0.15) is 6.04 Å². The topological polar surface area (TPSA) is 46.8 Å². The standard InChI is InChI=1S/C17H19N5/c1-11-9-13(3)21-16(18-11)20-22-15(10-12(2)19-17(21)22)14-7-5-4-6-8-14/h4-9,12,15H,10H2,1-3H3/p+1. The van der Waals surface area contributed by atoms with Crippen molar-refractivity contribution in [3.8, 4) is 0 Å². The molecule has 1 aliphatic heterocycles. The van der Waals surface area contributed by atoms with Gasteiger partial charge >= 0.3 is 11.7 Å². The van der Waals surface area contributed by atoms with Gasteiger partial charge in [0.25, 0.3) is 0 Å². The van der Waals surface area contributed by atoms with E-state index in [0.717, 1.165) is 29.5 Å². The fraction of sp³-hybridized carbons (Fsp3) is 0.353. The van der Waals surface area contributed by atoms with Crippen LogP contribution in [0.4, 0.5) is 5.95 Å². The minimum atomic E-state index is 0.244. The highest BCUT2D eigenvalue weighted by atomic mass is 15.5. The van der Waals surface area contributed by atoms with Crippen LogP contribution in [-0.2, 0) is 0 Å². The van der Waals surface area contributed by atoms with Crippen LogP contribution in [-0.4, -0.2) is 20.8 Å². The molecule has 5 heteroatoms. The highest BCUT2D eigenvalue weighted by Crippen LogP contribution is 2.30. The highest BCUT2D eigenvalue weighted by Gasteiger charge is 2.35. The molecule has 0 saturated carbocycles. The number of anilines is 1. The van der Waals surface area contributed by atoms with Gasteiger partial charge < -0.3 is 5.32 Å². The zero-order valence-corrected chi connectivity index (χ0v) is 13.1. The van der Waals surface area contributed by atoms with E-state index in [4.69, 9.17) is 5.10 Å². The van der Waals surface area contributed by atoms with Gasteiger partial charge in [-0.25, -0.2) is 0 Å². The number of benzene rings is 1. The first-order valence-electron chi connectivity index (χ1n) is 7.73. The van der Waals surface area contributed by atoms with Crippen LogP contribution in [0.15, 0.2) is 36.4 Å². The minimum absolute atomic E-state index is 0.244. The van der Waals surface area contributed by atoms with E-state index in [1.165, 1.54) is 5.56 Å². The van der Waals surface area contributed by atoms with Crippen molar-refractivity contribution in [2.24, 2.45) is 0 Å². The van der Waals surface area contributed by atoms with Gasteiger partial charge in [-0.2, -0.15) is 4.40 Å². The Balaban J connectivity index is 1.96. The third kappa shape index (κ3) is 1.96. The molecular formula is C17H20N5+. The van der Waals surface area contributed by atoms with Crippen LogP contribution in [0.25, 0.3) is 5.78 Å². The summed E-state index contributed by atoms with van der Waals surface area (Å²) >= 11 is 0. The summed E-state index contributed by atoms with van der Waals surface area (Å²) in [6.07, 6.45) is 1.02. The average molecular weight is 294 g/mol. The Hall–Kier alpha value is -2.43. The molecule has 0 spiro atoms. The number of fused-ring (bicyclic) bond motifs is 3. The monoisotopic (exact) mass is 294 g/mol. The number of hydrogen-bond donors (Lipinski definition) is 1. The van der Waals surface area contributed by atoms with Crippen molar-refractivity contribution in [3.05, 3.63) is 53.3 Å². The Labute approximate surface area is 129 Å². The third-order valence-corrected chi connectivity index (χ3v) is 4.30. The van der Waals surface area contributed by atoms with E-state index in [9.17, 15) is 0 Å². The van der Waals surface area contributed by atoms with Gasteiger partial charge in [0.15, 0.2) is 0 Å². The Morgan fingerprint density at radius 3 is 2.77 bits per heavy atom. The normalized spacial score (nSPS) is 20.7. The van der Waals surface area contributed by atoms with Crippen LogP contribution in [0.1, 0.15) is 36.3 Å². The lowest BCUT2D eigenvalue weighted by molar-refractivity contribution is -0.508. The molecule has 22 heavy (non-hydrogen) atoms. The molecule has 1 aliphatic rings. The second-order valence-corrected chi connectivity index (χ2v) is 6.15. The van der Waals surface area contributed by atoms with E-state index in [-0.39, 0.29) is 6.04 Å². The summed E-state index contributed by atoms with van der Waals surface area (Å²) in [6.45, 7) is 6.33. The zero-order chi connectivity index (χ0) is 15.3. The first-order chi connectivity index (χ1) is 10.6. The molecule has 3 aromatic rings. The molecule has 2 aromatic heterocycles. The predicted molar refractivity (Wildman–Crippen MR) is 84.9 cm³/mol. The van der Waals surface area contributed by atoms with Crippen molar-refractivity contribution in [1.82, 2.24) is 14.8 Å². The van der Waals surface area contributed by atoms with Gasteiger partial charge in [-0.15, -0.1) is 9.67 Å². The Kier molecular flexibility index (Phi) is 2.89. The molecule has 4 rings (SSSR count). The van der Waals surface area contributed by atoms with E-state index in [2.05, 4.69) is 69.6 Å². The summed E-state index contributed by atoms with van der Waals surface area (Å²) in [4.78, 5) is 4.59. The van der Waals surface area contributed by atoms with Crippen molar-refractivity contribution >= 4 is 11.7 Å². The van der Waals surface area contributed by atoms with Crippen LogP contribution < -0.4 is 9.72 Å². The molecule has 1 N–H and O–H groups in total. The zero-order valence-electron chi connectivity index (χ0n) is 13.1. The number of nitrogens with one attached hydrogen (secondary N) is 1. The second-order valence-electron chi connectivity index (χ2n) is 6.15. The molecule has 2 atom stereocenters. The third-order valence-electron chi connectivity index (χ3n) is 4.30. The Bertz CT molecular complexity index is 837. The summed E-state index contributed by atoms with van der Waals surface area (Å²) in [5.74, 6) is 1.78. The second kappa shape index (κ2) is 4.80. The lowest BCUT2D eigenvalue weighted by Crippen LogP contribution is -2.38. The lowest BCUT2D eigenvalue weighted by Gasteiger charge is -2.25. The maximum absolute atomic E-state index is 4.77. The molecule has 0 bridgehead atoms. The predicted octanol–water partition coefficient (Wildman–Crippen LogP) is 2.43. The van der Waals surface area contributed by atoms with E-state index in [0.29, 0.717) is 6.04 Å². The number of aryl methyl sites for hydroxylation is 2. The number of aromatic nitrogens is 4. The quantitative estimate of drug-likeness (QED) is 0.701. The molecule has 112 valence electrons. The van der Waals surface area contributed by atoms with E-state index in [1.54, 1.807) is 0 Å². The van der Waals surface area contributed by atoms with E-state index >= 15 is 0 Å². The van der Waals surface area contributed by atoms with Gasteiger partial charge in [-0.05, 0) is 32.4 Å². The van der Waals surface area contributed by atoms with Gasteiger partial charge in [0, 0.05) is 11.5 Å². The molecule has 0 fully saturated rings. The molecule has 2 unspecified atom stereocenters. The van der Waals surface area contributed by atoms with Crippen LogP contribution in [0, 0.1) is 13.8 Å². The molecule has 3 heterocycles. The smallest absolute Gasteiger partial charge is 0.304 e. The molecule has 0 amide bonds. The summed E-state index contributed by atoms with van der Waals surface area (Å²) in [5.41, 5.74) is 3.44.